The Labute approximate surface area is 133 Å². The number of nitrogens with two attached hydrogens (primary N) is 1. The van der Waals surface area contributed by atoms with Crippen LogP contribution in [-0.4, -0.2) is 18.5 Å². The molecular weight excluding hydrogens is 272 g/mol. The van der Waals surface area contributed by atoms with Crippen molar-refractivity contribution < 1.29 is 4.79 Å². The Morgan fingerprint density at radius 3 is 2.82 bits per heavy atom. The van der Waals surface area contributed by atoms with Gasteiger partial charge in [-0.05, 0) is 61.6 Å². The number of hydrogen-bond acceptors (Lipinski definition) is 2. The molecular formula is C19H28N2O. The molecule has 1 aromatic carbocycles. The minimum atomic E-state index is 0.215. The summed E-state index contributed by atoms with van der Waals surface area (Å²) in [6, 6.07) is 8.92. The molecule has 1 saturated carbocycles. The van der Waals surface area contributed by atoms with E-state index in [9.17, 15) is 4.79 Å². The summed E-state index contributed by atoms with van der Waals surface area (Å²) in [7, 11) is 0. The maximum Gasteiger partial charge on any atom is 0.220 e. The number of aryl methyl sites for hydroxylation is 1. The molecule has 0 spiro atoms. The quantitative estimate of drug-likeness (QED) is 0.897. The molecule has 0 aromatic heterocycles. The van der Waals surface area contributed by atoms with Gasteiger partial charge in [-0.3, -0.25) is 4.79 Å². The van der Waals surface area contributed by atoms with Crippen molar-refractivity contribution in [2.75, 3.05) is 6.54 Å². The van der Waals surface area contributed by atoms with Crippen LogP contribution >= 0.6 is 0 Å². The first-order valence-corrected chi connectivity index (χ1v) is 8.85. The lowest BCUT2D eigenvalue weighted by Gasteiger charge is -2.32. The Kier molecular flexibility index (Phi) is 5.14. The number of benzene rings is 1. The largest absolute Gasteiger partial charge is 0.353 e. The minimum absolute atomic E-state index is 0.215. The van der Waals surface area contributed by atoms with E-state index in [-0.39, 0.29) is 5.91 Å². The maximum absolute atomic E-state index is 12.5. The van der Waals surface area contributed by atoms with Crippen molar-refractivity contribution in [1.82, 2.24) is 5.32 Å². The van der Waals surface area contributed by atoms with E-state index < -0.39 is 0 Å². The summed E-state index contributed by atoms with van der Waals surface area (Å²) >= 11 is 0. The number of carbonyl (C=O) groups excluding carboxylic acids is 1. The second-order valence-corrected chi connectivity index (χ2v) is 6.95. The highest BCUT2D eigenvalue weighted by Crippen LogP contribution is 2.34. The van der Waals surface area contributed by atoms with Crippen molar-refractivity contribution in [2.24, 2.45) is 11.7 Å². The third-order valence-electron chi connectivity index (χ3n) is 5.48. The van der Waals surface area contributed by atoms with E-state index in [0.29, 0.717) is 30.8 Å². The molecule has 0 saturated heterocycles. The van der Waals surface area contributed by atoms with Crippen LogP contribution in [-0.2, 0) is 11.2 Å². The van der Waals surface area contributed by atoms with Crippen LogP contribution in [0.2, 0.25) is 0 Å². The van der Waals surface area contributed by atoms with Crippen LogP contribution in [0.5, 0.6) is 0 Å². The third-order valence-corrected chi connectivity index (χ3v) is 5.48. The van der Waals surface area contributed by atoms with E-state index in [1.807, 2.05) is 0 Å². The summed E-state index contributed by atoms with van der Waals surface area (Å²) in [6.45, 7) is 0.692. The minimum Gasteiger partial charge on any atom is -0.353 e. The van der Waals surface area contributed by atoms with Crippen molar-refractivity contribution in [3.8, 4) is 0 Å². The number of hydrogen-bond donors (Lipinski definition) is 2. The topological polar surface area (TPSA) is 55.1 Å². The molecule has 120 valence electrons. The van der Waals surface area contributed by atoms with Gasteiger partial charge in [0.2, 0.25) is 5.91 Å². The second-order valence-electron chi connectivity index (χ2n) is 6.95. The summed E-state index contributed by atoms with van der Waals surface area (Å²) in [6.07, 6.45) is 8.84. The van der Waals surface area contributed by atoms with Gasteiger partial charge in [0.15, 0.2) is 0 Å². The zero-order valence-corrected chi connectivity index (χ0v) is 13.4. The monoisotopic (exact) mass is 300 g/mol. The molecule has 0 radical (unpaired) electrons. The predicted octanol–water partition coefficient (Wildman–Crippen LogP) is 3.13. The Balaban J connectivity index is 1.60. The van der Waals surface area contributed by atoms with Crippen LogP contribution < -0.4 is 11.1 Å². The van der Waals surface area contributed by atoms with Gasteiger partial charge in [-0.1, -0.05) is 37.1 Å². The van der Waals surface area contributed by atoms with E-state index in [1.165, 1.54) is 30.4 Å². The first kappa shape index (κ1) is 15.5. The molecule has 3 heteroatoms. The van der Waals surface area contributed by atoms with E-state index in [2.05, 4.69) is 29.6 Å². The van der Waals surface area contributed by atoms with Gasteiger partial charge in [0, 0.05) is 12.5 Å². The average Bonchev–Trinajstić information content (AvgIpc) is 2.55. The van der Waals surface area contributed by atoms with Crippen LogP contribution in [0.25, 0.3) is 0 Å². The van der Waals surface area contributed by atoms with Crippen LogP contribution in [0.3, 0.4) is 0 Å². The number of amides is 1. The maximum atomic E-state index is 12.5. The van der Waals surface area contributed by atoms with Crippen molar-refractivity contribution >= 4 is 5.91 Å². The standard InChI is InChI=1S/C19H28N2O/c20-13-16-7-2-4-11-18(16)21-19(22)12-15-9-5-8-14-6-1-3-10-17(14)15/h1,3,6,10,15-16,18H,2,4-5,7-9,11-13,20H2,(H,21,22). The van der Waals surface area contributed by atoms with Gasteiger partial charge in [-0.2, -0.15) is 0 Å². The fourth-order valence-electron chi connectivity index (χ4n) is 4.24. The normalized spacial score (nSPS) is 28.0. The fourth-order valence-corrected chi connectivity index (χ4v) is 4.24. The van der Waals surface area contributed by atoms with Gasteiger partial charge in [0.25, 0.3) is 0 Å². The molecule has 1 fully saturated rings. The summed E-state index contributed by atoms with van der Waals surface area (Å²) in [5, 5.41) is 3.28. The highest BCUT2D eigenvalue weighted by Gasteiger charge is 2.27. The molecule has 3 unspecified atom stereocenters. The van der Waals surface area contributed by atoms with Gasteiger partial charge < -0.3 is 11.1 Å². The van der Waals surface area contributed by atoms with Crippen LogP contribution in [0, 0.1) is 5.92 Å². The molecule has 3 N–H and O–H groups in total. The molecule has 22 heavy (non-hydrogen) atoms. The Morgan fingerprint density at radius 1 is 1.14 bits per heavy atom. The van der Waals surface area contributed by atoms with Crippen molar-refractivity contribution in [2.45, 2.75) is 63.3 Å². The first-order chi connectivity index (χ1) is 10.8. The fraction of sp³-hybridized carbons (Fsp3) is 0.632. The van der Waals surface area contributed by atoms with E-state index in [0.717, 1.165) is 25.7 Å². The van der Waals surface area contributed by atoms with Gasteiger partial charge >= 0.3 is 0 Å². The smallest absolute Gasteiger partial charge is 0.220 e. The molecule has 0 bridgehead atoms. The molecule has 3 nitrogen and oxygen atoms in total. The molecule has 3 atom stereocenters. The van der Waals surface area contributed by atoms with E-state index >= 15 is 0 Å². The van der Waals surface area contributed by atoms with Crippen LogP contribution in [0.4, 0.5) is 0 Å². The van der Waals surface area contributed by atoms with Crippen LogP contribution in [0.15, 0.2) is 24.3 Å². The zero-order chi connectivity index (χ0) is 15.4. The Bertz CT molecular complexity index is 514. The summed E-state index contributed by atoms with van der Waals surface area (Å²) in [5.74, 6) is 1.08. The highest BCUT2D eigenvalue weighted by molar-refractivity contribution is 5.77. The lowest BCUT2D eigenvalue weighted by atomic mass is 9.80. The lowest BCUT2D eigenvalue weighted by Crippen LogP contribution is -2.45. The average molecular weight is 300 g/mol. The number of fused-ring (bicyclic) bond motifs is 1. The summed E-state index contributed by atoms with van der Waals surface area (Å²) in [4.78, 5) is 12.5. The first-order valence-electron chi connectivity index (χ1n) is 8.85. The van der Waals surface area contributed by atoms with Crippen LogP contribution in [0.1, 0.15) is 62.0 Å². The molecule has 1 amide bonds. The Hall–Kier alpha value is -1.35. The molecule has 2 aliphatic carbocycles. The number of nitrogens with one attached hydrogen (secondary N) is 1. The molecule has 0 heterocycles. The Morgan fingerprint density at radius 2 is 1.95 bits per heavy atom. The van der Waals surface area contributed by atoms with Gasteiger partial charge in [0.1, 0.15) is 0 Å². The molecule has 1 aromatic rings. The predicted molar refractivity (Wildman–Crippen MR) is 89.7 cm³/mol. The van der Waals surface area contributed by atoms with Gasteiger partial charge in [-0.15, -0.1) is 0 Å². The second kappa shape index (κ2) is 7.28. The number of carbonyl (C=O) groups is 1. The van der Waals surface area contributed by atoms with Crippen molar-refractivity contribution in [1.29, 1.82) is 0 Å². The summed E-state index contributed by atoms with van der Waals surface area (Å²) in [5.41, 5.74) is 8.69. The molecule has 2 aliphatic rings. The SMILES string of the molecule is NCC1CCCCC1NC(=O)CC1CCCc2ccccc21. The lowest BCUT2D eigenvalue weighted by molar-refractivity contribution is -0.122. The zero-order valence-electron chi connectivity index (χ0n) is 13.4. The van der Waals surface area contributed by atoms with Crippen molar-refractivity contribution in [3.63, 3.8) is 0 Å². The van der Waals surface area contributed by atoms with Gasteiger partial charge in [0.05, 0.1) is 0 Å². The van der Waals surface area contributed by atoms with E-state index in [4.69, 9.17) is 5.73 Å². The molecule has 3 rings (SSSR count). The number of rotatable bonds is 4. The highest BCUT2D eigenvalue weighted by atomic mass is 16.1. The molecule has 0 aliphatic heterocycles. The van der Waals surface area contributed by atoms with E-state index in [1.54, 1.807) is 0 Å². The third kappa shape index (κ3) is 3.52. The summed E-state index contributed by atoms with van der Waals surface area (Å²) < 4.78 is 0. The van der Waals surface area contributed by atoms with Crippen molar-refractivity contribution in [3.05, 3.63) is 35.4 Å². The van der Waals surface area contributed by atoms with Gasteiger partial charge in [-0.25, -0.2) is 0 Å².